The predicted molar refractivity (Wildman–Crippen MR) is 94.1 cm³/mol. The first-order valence-electron chi connectivity index (χ1n) is 8.31. The summed E-state index contributed by atoms with van der Waals surface area (Å²) in [6.07, 6.45) is 3.79. The van der Waals surface area contributed by atoms with Crippen molar-refractivity contribution in [3.8, 4) is 0 Å². The van der Waals surface area contributed by atoms with E-state index < -0.39 is 0 Å². The van der Waals surface area contributed by atoms with Gasteiger partial charge in [0.15, 0.2) is 0 Å². The number of hydrogen-bond donors (Lipinski definition) is 2. The summed E-state index contributed by atoms with van der Waals surface area (Å²) in [5.74, 6) is 0.253. The van der Waals surface area contributed by atoms with E-state index in [0.29, 0.717) is 32.7 Å². The van der Waals surface area contributed by atoms with Crippen molar-refractivity contribution in [2.45, 2.75) is 12.5 Å². The SMILES string of the molecule is Cn1cnc(NC(=O)NCC[C@@H]2CN(c3cnn(C)c(=O)c3)CCO2)n1. The van der Waals surface area contributed by atoms with E-state index in [4.69, 9.17) is 4.74 Å². The molecule has 3 rings (SSSR count). The van der Waals surface area contributed by atoms with Gasteiger partial charge in [0, 0.05) is 39.8 Å². The summed E-state index contributed by atoms with van der Waals surface area (Å²) in [7, 11) is 3.34. The van der Waals surface area contributed by atoms with Crippen molar-refractivity contribution in [2.24, 2.45) is 14.1 Å². The van der Waals surface area contributed by atoms with Gasteiger partial charge in [-0.2, -0.15) is 5.10 Å². The number of anilines is 2. The van der Waals surface area contributed by atoms with E-state index in [0.717, 1.165) is 5.69 Å². The number of aryl methyl sites for hydroxylation is 2. The third-order valence-electron chi connectivity index (χ3n) is 4.03. The minimum Gasteiger partial charge on any atom is -0.374 e. The molecule has 2 aromatic rings. The second kappa shape index (κ2) is 7.95. The van der Waals surface area contributed by atoms with Crippen LogP contribution in [0, 0.1) is 0 Å². The zero-order chi connectivity index (χ0) is 18.5. The first-order valence-corrected chi connectivity index (χ1v) is 8.31. The summed E-state index contributed by atoms with van der Waals surface area (Å²) in [4.78, 5) is 29.5. The van der Waals surface area contributed by atoms with Crippen LogP contribution >= 0.6 is 0 Å². The van der Waals surface area contributed by atoms with Crippen molar-refractivity contribution < 1.29 is 9.53 Å². The van der Waals surface area contributed by atoms with Crippen LogP contribution in [0.15, 0.2) is 23.4 Å². The number of rotatable bonds is 5. The number of morpholine rings is 1. The lowest BCUT2D eigenvalue weighted by molar-refractivity contribution is 0.0359. The molecule has 1 aliphatic heterocycles. The maximum Gasteiger partial charge on any atom is 0.321 e. The molecule has 0 unspecified atom stereocenters. The van der Waals surface area contributed by atoms with Crippen LogP contribution in [0.1, 0.15) is 6.42 Å². The molecule has 11 heteroatoms. The molecule has 0 aromatic carbocycles. The van der Waals surface area contributed by atoms with Gasteiger partial charge in [-0.15, -0.1) is 5.10 Å². The lowest BCUT2D eigenvalue weighted by Crippen LogP contribution is -2.44. The fourth-order valence-corrected chi connectivity index (χ4v) is 2.65. The van der Waals surface area contributed by atoms with E-state index in [9.17, 15) is 9.59 Å². The van der Waals surface area contributed by atoms with E-state index in [-0.39, 0.29) is 23.6 Å². The van der Waals surface area contributed by atoms with Gasteiger partial charge >= 0.3 is 6.03 Å². The van der Waals surface area contributed by atoms with Crippen molar-refractivity contribution >= 4 is 17.7 Å². The minimum absolute atomic E-state index is 0.0407. The van der Waals surface area contributed by atoms with Gasteiger partial charge in [-0.1, -0.05) is 0 Å². The monoisotopic (exact) mass is 362 g/mol. The van der Waals surface area contributed by atoms with Gasteiger partial charge in [-0.3, -0.25) is 14.8 Å². The third kappa shape index (κ3) is 4.57. The zero-order valence-corrected chi connectivity index (χ0v) is 14.8. The molecule has 0 saturated carbocycles. The Kier molecular flexibility index (Phi) is 5.46. The van der Waals surface area contributed by atoms with Crippen LogP contribution in [0.25, 0.3) is 0 Å². The quantitative estimate of drug-likeness (QED) is 0.724. The second-order valence-electron chi connectivity index (χ2n) is 6.03. The summed E-state index contributed by atoms with van der Waals surface area (Å²) in [6, 6.07) is 1.21. The number of urea groups is 1. The van der Waals surface area contributed by atoms with Gasteiger partial charge in [-0.05, 0) is 6.42 Å². The van der Waals surface area contributed by atoms with Gasteiger partial charge in [0.1, 0.15) is 6.33 Å². The topological polar surface area (TPSA) is 119 Å². The number of nitrogens with zero attached hydrogens (tertiary/aromatic N) is 6. The van der Waals surface area contributed by atoms with E-state index >= 15 is 0 Å². The Labute approximate surface area is 150 Å². The Morgan fingerprint density at radius 2 is 2.27 bits per heavy atom. The molecule has 2 N–H and O–H groups in total. The van der Waals surface area contributed by atoms with Crippen molar-refractivity contribution in [1.29, 1.82) is 0 Å². The van der Waals surface area contributed by atoms with Crippen LogP contribution in [-0.4, -0.2) is 62.9 Å². The molecule has 1 atom stereocenters. The molecule has 0 spiro atoms. The van der Waals surface area contributed by atoms with Crippen molar-refractivity contribution in [3.63, 3.8) is 0 Å². The zero-order valence-electron chi connectivity index (χ0n) is 14.8. The molecule has 0 bridgehead atoms. The van der Waals surface area contributed by atoms with Crippen LogP contribution in [0.2, 0.25) is 0 Å². The Bertz CT molecular complexity index is 817. The lowest BCUT2D eigenvalue weighted by atomic mass is 10.2. The second-order valence-corrected chi connectivity index (χ2v) is 6.03. The van der Waals surface area contributed by atoms with E-state index in [1.54, 1.807) is 26.4 Å². The average Bonchev–Trinajstić information content (AvgIpc) is 3.02. The molecule has 0 radical (unpaired) electrons. The highest BCUT2D eigenvalue weighted by atomic mass is 16.5. The van der Waals surface area contributed by atoms with Gasteiger partial charge in [-0.25, -0.2) is 14.5 Å². The average molecular weight is 362 g/mol. The largest absolute Gasteiger partial charge is 0.374 e. The summed E-state index contributed by atoms with van der Waals surface area (Å²) in [5, 5.41) is 13.3. The molecule has 3 heterocycles. The molecule has 2 amide bonds. The van der Waals surface area contributed by atoms with Crippen molar-refractivity contribution in [1.82, 2.24) is 29.9 Å². The van der Waals surface area contributed by atoms with Crippen molar-refractivity contribution in [3.05, 3.63) is 28.9 Å². The first-order chi connectivity index (χ1) is 12.5. The highest BCUT2D eigenvalue weighted by Crippen LogP contribution is 2.16. The lowest BCUT2D eigenvalue weighted by Gasteiger charge is -2.34. The number of nitrogens with one attached hydrogen (secondary N) is 2. The summed E-state index contributed by atoms with van der Waals surface area (Å²) >= 11 is 0. The Morgan fingerprint density at radius 1 is 1.42 bits per heavy atom. The maximum atomic E-state index is 11.8. The van der Waals surface area contributed by atoms with Crippen LogP contribution in [0.5, 0.6) is 0 Å². The van der Waals surface area contributed by atoms with Gasteiger partial charge in [0.25, 0.3) is 5.56 Å². The molecule has 1 aliphatic rings. The molecule has 2 aromatic heterocycles. The minimum atomic E-state index is -0.361. The van der Waals surface area contributed by atoms with E-state index in [2.05, 4.69) is 30.7 Å². The number of carbonyl (C=O) groups is 1. The summed E-state index contributed by atoms with van der Waals surface area (Å²) in [5.41, 5.74) is 0.639. The highest BCUT2D eigenvalue weighted by Gasteiger charge is 2.21. The molecular formula is C15H22N8O3. The molecule has 140 valence electrons. The number of hydrogen-bond acceptors (Lipinski definition) is 7. The molecule has 1 fully saturated rings. The summed E-state index contributed by atoms with van der Waals surface area (Å²) < 4.78 is 8.54. The van der Waals surface area contributed by atoms with Gasteiger partial charge < -0.3 is 15.0 Å². The third-order valence-corrected chi connectivity index (χ3v) is 4.03. The predicted octanol–water partition coefficient (Wildman–Crippen LogP) is -0.674. The summed E-state index contributed by atoms with van der Waals surface area (Å²) in [6.45, 7) is 2.35. The Morgan fingerprint density at radius 3 is 3.00 bits per heavy atom. The molecule has 0 aliphatic carbocycles. The van der Waals surface area contributed by atoms with Gasteiger partial charge in [0.2, 0.25) is 5.95 Å². The Hall–Kier alpha value is -2.95. The number of ether oxygens (including phenoxy) is 1. The van der Waals surface area contributed by atoms with E-state index in [1.165, 1.54) is 15.7 Å². The fraction of sp³-hybridized carbons (Fsp3) is 0.533. The fourth-order valence-electron chi connectivity index (χ4n) is 2.65. The van der Waals surface area contributed by atoms with Crippen LogP contribution in [-0.2, 0) is 18.8 Å². The normalized spacial score (nSPS) is 17.2. The first kappa shape index (κ1) is 17.9. The van der Waals surface area contributed by atoms with Crippen LogP contribution in [0.3, 0.4) is 0 Å². The molecule has 26 heavy (non-hydrogen) atoms. The molecule has 1 saturated heterocycles. The maximum absolute atomic E-state index is 11.8. The molecule has 11 nitrogen and oxygen atoms in total. The number of carbonyl (C=O) groups excluding carboxylic acids is 1. The van der Waals surface area contributed by atoms with Gasteiger partial charge in [0.05, 0.1) is 24.6 Å². The number of amides is 2. The number of aromatic nitrogens is 5. The standard InChI is InChI=1S/C15H22N8O3/c1-21-10-17-14(20-21)19-15(25)16-4-3-12-9-23(5-6-26-12)11-7-13(24)22(2)18-8-11/h7-8,10,12H,3-6,9H2,1-2H3,(H2,16,19,20,25)/t12-/m1/s1. The van der Waals surface area contributed by atoms with Crippen molar-refractivity contribution in [2.75, 3.05) is 36.5 Å². The van der Waals surface area contributed by atoms with E-state index in [1.807, 2.05) is 0 Å². The molecular weight excluding hydrogens is 340 g/mol. The highest BCUT2D eigenvalue weighted by molar-refractivity contribution is 5.87. The smallest absolute Gasteiger partial charge is 0.321 e. The Balaban J connectivity index is 1.45. The van der Waals surface area contributed by atoms with Crippen LogP contribution < -0.4 is 21.1 Å². The van der Waals surface area contributed by atoms with Crippen LogP contribution in [0.4, 0.5) is 16.4 Å².